The lowest BCUT2D eigenvalue weighted by Gasteiger charge is -2.58. The van der Waals surface area contributed by atoms with Gasteiger partial charge in [-0.15, -0.1) is 0 Å². The first-order chi connectivity index (χ1) is 12.3. The zero-order chi connectivity index (χ0) is 18.5. The predicted molar refractivity (Wildman–Crippen MR) is 103 cm³/mol. The molecule has 6 aliphatic rings. The Labute approximate surface area is 159 Å². The van der Waals surface area contributed by atoms with E-state index in [4.69, 9.17) is 5.73 Å². The monoisotopic (exact) mass is 367 g/mol. The van der Waals surface area contributed by atoms with Gasteiger partial charge in [0.15, 0.2) is 6.54 Å². The second-order valence-corrected chi connectivity index (χ2v) is 10.4. The fraction of sp³-hybridized carbons (Fsp3) is 0.950. The van der Waals surface area contributed by atoms with E-state index in [0.717, 1.165) is 30.2 Å². The molecule has 0 radical (unpaired) electrons. The maximum atomic E-state index is 11.4. The van der Waals surface area contributed by atoms with Gasteiger partial charge in [-0.25, -0.2) is 0 Å². The third-order valence-electron chi connectivity index (χ3n) is 9.06. The SMILES string of the molecule is CC(C)[N+]12CC[N+](CCC[N+]34CC[N+](CC(N)=O)(CC3)CC4)(CC1)CC2. The number of amides is 1. The number of nitrogens with two attached hydrogens (primary N) is 1. The average Bonchev–Trinajstić information content (AvgIpc) is 2.64. The predicted octanol–water partition coefficient (Wildman–Crippen LogP) is -0.408. The summed E-state index contributed by atoms with van der Waals surface area (Å²) in [7, 11) is 0. The van der Waals surface area contributed by atoms with E-state index >= 15 is 0 Å². The summed E-state index contributed by atoms with van der Waals surface area (Å²) in [5.74, 6) is -0.117. The summed E-state index contributed by atoms with van der Waals surface area (Å²) in [6.07, 6.45) is 1.39. The van der Waals surface area contributed by atoms with Gasteiger partial charge in [0.05, 0.1) is 19.1 Å². The highest BCUT2D eigenvalue weighted by molar-refractivity contribution is 5.74. The van der Waals surface area contributed by atoms with E-state index in [1.165, 1.54) is 91.9 Å². The van der Waals surface area contributed by atoms with E-state index in [2.05, 4.69) is 13.8 Å². The molecule has 148 valence electrons. The van der Waals surface area contributed by atoms with E-state index in [1.807, 2.05) is 0 Å². The Morgan fingerprint density at radius 1 is 0.731 bits per heavy atom. The number of primary amides is 1. The quantitative estimate of drug-likeness (QED) is 0.611. The topological polar surface area (TPSA) is 43.1 Å². The van der Waals surface area contributed by atoms with Crippen molar-refractivity contribution >= 4 is 5.91 Å². The zero-order valence-corrected chi connectivity index (χ0v) is 17.2. The molecule has 6 fully saturated rings. The van der Waals surface area contributed by atoms with Crippen LogP contribution in [-0.4, -0.2) is 128 Å². The van der Waals surface area contributed by atoms with Gasteiger partial charge in [0.1, 0.15) is 78.5 Å². The summed E-state index contributed by atoms with van der Waals surface area (Å²) >= 11 is 0. The number of hydrogen-bond donors (Lipinski definition) is 1. The summed E-state index contributed by atoms with van der Waals surface area (Å²) in [5, 5.41) is 0. The van der Waals surface area contributed by atoms with Crippen LogP contribution in [0, 0.1) is 0 Å². The van der Waals surface area contributed by atoms with Crippen molar-refractivity contribution in [2.45, 2.75) is 26.3 Å². The molecule has 4 bridgehead atoms. The number of carbonyl (C=O) groups is 1. The van der Waals surface area contributed by atoms with Crippen LogP contribution >= 0.6 is 0 Å². The fourth-order valence-electron chi connectivity index (χ4n) is 6.60. The number of rotatable bonds is 7. The number of nitrogens with zero attached hydrogens (tertiary/aromatic N) is 4. The maximum absolute atomic E-state index is 11.4. The van der Waals surface area contributed by atoms with Gasteiger partial charge in [-0.2, -0.15) is 0 Å². The zero-order valence-electron chi connectivity index (χ0n) is 17.2. The molecule has 6 nitrogen and oxygen atoms in total. The van der Waals surface area contributed by atoms with Crippen LogP contribution in [0.4, 0.5) is 0 Å². The standard InChI is InChI=1S/C20H40N5O/c1-19(2)25-15-12-23(13-16-25,14-17-25)5-3-4-22-6-9-24(10-7-22,11-8-22)18-20(21)26/h19H,3-18H2,1-2H3,(H-,21,26)/q+3/p+1. The molecule has 6 saturated heterocycles. The first-order valence-electron chi connectivity index (χ1n) is 11.0. The van der Waals surface area contributed by atoms with Gasteiger partial charge in [0.2, 0.25) is 0 Å². The molecule has 6 heterocycles. The van der Waals surface area contributed by atoms with Crippen molar-refractivity contribution in [2.75, 3.05) is 98.2 Å². The Morgan fingerprint density at radius 3 is 1.50 bits per heavy atom. The van der Waals surface area contributed by atoms with Gasteiger partial charge in [-0.3, -0.25) is 4.79 Å². The van der Waals surface area contributed by atoms with E-state index < -0.39 is 0 Å². The third-order valence-corrected chi connectivity index (χ3v) is 9.06. The van der Waals surface area contributed by atoms with Crippen molar-refractivity contribution in [3.8, 4) is 0 Å². The minimum Gasteiger partial charge on any atom is -0.365 e. The summed E-state index contributed by atoms with van der Waals surface area (Å²) in [6.45, 7) is 23.9. The molecule has 0 aromatic rings. The number of quaternary nitrogens is 4. The van der Waals surface area contributed by atoms with Crippen LogP contribution in [-0.2, 0) is 4.79 Å². The highest BCUT2D eigenvalue weighted by atomic mass is 16.1. The number of hydrogen-bond acceptors (Lipinski definition) is 1. The highest BCUT2D eigenvalue weighted by Gasteiger charge is 2.52. The van der Waals surface area contributed by atoms with Gasteiger partial charge >= 0.3 is 0 Å². The van der Waals surface area contributed by atoms with Crippen molar-refractivity contribution in [1.82, 2.24) is 0 Å². The first-order valence-corrected chi connectivity index (χ1v) is 11.0. The number of carbonyl (C=O) groups excluding carboxylic acids is 1. The lowest BCUT2D eigenvalue weighted by molar-refractivity contribution is -1.09. The van der Waals surface area contributed by atoms with Crippen LogP contribution in [0.15, 0.2) is 0 Å². The van der Waals surface area contributed by atoms with Crippen LogP contribution in [0.25, 0.3) is 0 Å². The van der Waals surface area contributed by atoms with Crippen molar-refractivity contribution in [3.63, 3.8) is 0 Å². The van der Waals surface area contributed by atoms with Crippen LogP contribution in [0.5, 0.6) is 0 Å². The molecule has 0 unspecified atom stereocenters. The molecule has 0 atom stereocenters. The molecule has 6 aliphatic heterocycles. The Kier molecular flexibility index (Phi) is 4.62. The summed E-state index contributed by atoms with van der Waals surface area (Å²) in [6, 6.07) is 0.802. The molecular weight excluding hydrogens is 326 g/mol. The molecule has 0 aromatic carbocycles. The van der Waals surface area contributed by atoms with Crippen molar-refractivity contribution in [1.29, 1.82) is 0 Å². The maximum Gasteiger partial charge on any atom is 0.272 e. The Bertz CT molecular complexity index is 511. The highest BCUT2D eigenvalue weighted by Crippen LogP contribution is 2.31. The summed E-state index contributed by atoms with van der Waals surface area (Å²) in [5.41, 5.74) is 5.50. The largest absolute Gasteiger partial charge is 0.365 e. The Morgan fingerprint density at radius 2 is 1.12 bits per heavy atom. The fourth-order valence-corrected chi connectivity index (χ4v) is 6.60. The molecule has 0 aliphatic carbocycles. The minimum atomic E-state index is -0.117. The van der Waals surface area contributed by atoms with Crippen LogP contribution in [0.1, 0.15) is 20.3 Å². The second kappa shape index (κ2) is 6.43. The molecule has 1 amide bonds. The van der Waals surface area contributed by atoms with Crippen molar-refractivity contribution in [2.24, 2.45) is 5.73 Å². The van der Waals surface area contributed by atoms with E-state index in [0.29, 0.717) is 6.54 Å². The molecule has 0 aromatic heterocycles. The summed E-state index contributed by atoms with van der Waals surface area (Å²) in [4.78, 5) is 11.4. The van der Waals surface area contributed by atoms with Gasteiger partial charge in [-0.05, 0) is 13.8 Å². The normalized spacial score (nSPS) is 44.6. The Balaban J connectivity index is 1.27. The lowest BCUT2D eigenvalue weighted by atomic mass is 10.0. The van der Waals surface area contributed by atoms with Gasteiger partial charge in [0, 0.05) is 6.42 Å². The van der Waals surface area contributed by atoms with Gasteiger partial charge in [0.25, 0.3) is 5.91 Å². The molecule has 6 heteroatoms. The van der Waals surface area contributed by atoms with E-state index in [-0.39, 0.29) is 5.91 Å². The molecular formula is C20H41N5O+4. The second-order valence-electron chi connectivity index (χ2n) is 10.4. The van der Waals surface area contributed by atoms with Crippen LogP contribution in [0.3, 0.4) is 0 Å². The Hall–Kier alpha value is -0.690. The van der Waals surface area contributed by atoms with E-state index in [9.17, 15) is 4.79 Å². The number of fused-ring (bicyclic) bond motifs is 6. The van der Waals surface area contributed by atoms with Gasteiger partial charge in [-0.1, -0.05) is 0 Å². The molecule has 0 saturated carbocycles. The summed E-state index contributed by atoms with van der Waals surface area (Å²) < 4.78 is 5.10. The molecule has 0 spiro atoms. The van der Waals surface area contributed by atoms with Crippen LogP contribution in [0.2, 0.25) is 0 Å². The molecule has 26 heavy (non-hydrogen) atoms. The average molecular weight is 368 g/mol. The number of piperazine rings is 6. The van der Waals surface area contributed by atoms with Gasteiger partial charge < -0.3 is 23.7 Å². The van der Waals surface area contributed by atoms with Crippen molar-refractivity contribution in [3.05, 3.63) is 0 Å². The lowest BCUT2D eigenvalue weighted by Crippen LogP contribution is -2.77. The van der Waals surface area contributed by atoms with E-state index in [1.54, 1.807) is 0 Å². The third kappa shape index (κ3) is 3.19. The molecule has 6 rings (SSSR count). The minimum absolute atomic E-state index is 0.117. The smallest absolute Gasteiger partial charge is 0.272 e. The van der Waals surface area contributed by atoms with Crippen LogP contribution < -0.4 is 5.73 Å². The molecule has 2 N–H and O–H groups in total. The van der Waals surface area contributed by atoms with Crippen molar-refractivity contribution < 1.29 is 22.7 Å². The first kappa shape index (κ1) is 18.7.